The van der Waals surface area contributed by atoms with E-state index in [-0.39, 0.29) is 17.9 Å². The maximum Gasteiger partial charge on any atom is 0.328 e. The molecule has 0 bridgehead atoms. The minimum atomic E-state index is -0.364. The molecule has 0 radical (unpaired) electrons. The van der Waals surface area contributed by atoms with Crippen molar-refractivity contribution in [2.45, 2.75) is 38.6 Å². The van der Waals surface area contributed by atoms with Gasteiger partial charge in [-0.25, -0.2) is 4.79 Å². The Balaban J connectivity index is 2.54. The van der Waals surface area contributed by atoms with Crippen LogP contribution in [0.15, 0.2) is 12.7 Å². The summed E-state index contributed by atoms with van der Waals surface area (Å²) in [6.07, 6.45) is 4.40. The highest BCUT2D eigenvalue weighted by atomic mass is 16.5. The number of carbonyl (C=O) groups excluding carboxylic acids is 2. The summed E-state index contributed by atoms with van der Waals surface area (Å²) in [5.74, 6) is -0.248. The highest BCUT2D eigenvalue weighted by Gasteiger charge is 2.34. The van der Waals surface area contributed by atoms with Crippen molar-refractivity contribution in [3.8, 4) is 0 Å². The Labute approximate surface area is 96.3 Å². The fourth-order valence-electron chi connectivity index (χ4n) is 1.92. The van der Waals surface area contributed by atoms with Crippen LogP contribution in [-0.4, -0.2) is 36.0 Å². The van der Waals surface area contributed by atoms with Gasteiger partial charge in [-0.3, -0.25) is 4.79 Å². The molecule has 0 aromatic heterocycles. The van der Waals surface area contributed by atoms with Gasteiger partial charge in [0.1, 0.15) is 6.04 Å². The lowest BCUT2D eigenvalue weighted by molar-refractivity contribution is -0.153. The van der Waals surface area contributed by atoms with Crippen LogP contribution in [0, 0.1) is 0 Å². The zero-order valence-corrected chi connectivity index (χ0v) is 9.78. The van der Waals surface area contributed by atoms with E-state index in [9.17, 15) is 9.59 Å². The predicted octanol–water partition coefficient (Wildman–Crippen LogP) is 1.51. The van der Waals surface area contributed by atoms with E-state index in [1.807, 2.05) is 0 Å². The highest BCUT2D eigenvalue weighted by Crippen LogP contribution is 2.19. The van der Waals surface area contributed by atoms with E-state index in [4.69, 9.17) is 4.74 Å². The van der Waals surface area contributed by atoms with Crippen molar-refractivity contribution in [3.05, 3.63) is 12.7 Å². The van der Waals surface area contributed by atoms with E-state index in [2.05, 4.69) is 6.58 Å². The summed E-state index contributed by atoms with van der Waals surface area (Å²) in [6, 6.07) is -0.364. The van der Waals surface area contributed by atoms with Crippen molar-refractivity contribution >= 4 is 11.9 Å². The van der Waals surface area contributed by atoms with Gasteiger partial charge in [0.05, 0.1) is 6.61 Å². The van der Waals surface area contributed by atoms with Crippen molar-refractivity contribution in [3.63, 3.8) is 0 Å². The first kappa shape index (κ1) is 12.7. The van der Waals surface area contributed by atoms with Gasteiger partial charge in [0.15, 0.2) is 0 Å². The molecule has 1 amide bonds. The van der Waals surface area contributed by atoms with Gasteiger partial charge in [0.2, 0.25) is 5.91 Å². The Morgan fingerprint density at radius 1 is 1.56 bits per heavy atom. The summed E-state index contributed by atoms with van der Waals surface area (Å²) in [5.41, 5.74) is 0. The van der Waals surface area contributed by atoms with Gasteiger partial charge in [-0.05, 0) is 26.2 Å². The molecule has 1 rings (SSSR count). The molecule has 1 fully saturated rings. The maximum absolute atomic E-state index is 11.8. The number of hydrogen-bond acceptors (Lipinski definition) is 3. The molecule has 1 atom stereocenters. The Morgan fingerprint density at radius 3 is 2.94 bits per heavy atom. The van der Waals surface area contributed by atoms with Crippen LogP contribution in [0.25, 0.3) is 0 Å². The second-order valence-electron chi connectivity index (χ2n) is 3.82. The molecule has 90 valence electrons. The summed E-state index contributed by atoms with van der Waals surface area (Å²) in [7, 11) is 0. The topological polar surface area (TPSA) is 46.6 Å². The SMILES string of the molecule is C=CCCC(=O)N1CCCC1C(=O)OCC. The van der Waals surface area contributed by atoms with Gasteiger partial charge in [-0.2, -0.15) is 0 Å². The third-order valence-corrected chi connectivity index (χ3v) is 2.69. The fraction of sp³-hybridized carbons (Fsp3) is 0.667. The van der Waals surface area contributed by atoms with Gasteiger partial charge >= 0.3 is 5.97 Å². The predicted molar refractivity (Wildman–Crippen MR) is 60.8 cm³/mol. The molecule has 0 aromatic rings. The number of carbonyl (C=O) groups is 2. The zero-order valence-electron chi connectivity index (χ0n) is 9.78. The number of likely N-dealkylation sites (tertiary alicyclic amines) is 1. The molecule has 0 aromatic carbocycles. The number of nitrogens with zero attached hydrogens (tertiary/aromatic N) is 1. The molecule has 0 saturated carbocycles. The van der Waals surface area contributed by atoms with Crippen LogP contribution in [0.1, 0.15) is 32.6 Å². The molecule has 1 saturated heterocycles. The van der Waals surface area contributed by atoms with Crippen LogP contribution in [0.3, 0.4) is 0 Å². The summed E-state index contributed by atoms with van der Waals surface area (Å²) < 4.78 is 4.96. The lowest BCUT2D eigenvalue weighted by Crippen LogP contribution is -2.41. The van der Waals surface area contributed by atoms with Crippen LogP contribution in [-0.2, 0) is 14.3 Å². The van der Waals surface area contributed by atoms with E-state index >= 15 is 0 Å². The molecule has 4 heteroatoms. The van der Waals surface area contributed by atoms with Crippen LogP contribution in [0.5, 0.6) is 0 Å². The molecular formula is C12H19NO3. The number of amides is 1. The van der Waals surface area contributed by atoms with Gasteiger partial charge in [-0.15, -0.1) is 6.58 Å². The van der Waals surface area contributed by atoms with Crippen LogP contribution < -0.4 is 0 Å². The van der Waals surface area contributed by atoms with Crippen LogP contribution >= 0.6 is 0 Å². The van der Waals surface area contributed by atoms with Gasteiger partial charge in [0.25, 0.3) is 0 Å². The largest absolute Gasteiger partial charge is 0.464 e. The van der Waals surface area contributed by atoms with E-state index in [1.165, 1.54) is 0 Å². The molecule has 0 N–H and O–H groups in total. The molecule has 4 nitrogen and oxygen atoms in total. The molecule has 0 aliphatic carbocycles. The fourth-order valence-corrected chi connectivity index (χ4v) is 1.92. The minimum Gasteiger partial charge on any atom is -0.464 e. The standard InChI is InChI=1S/C12H19NO3/c1-3-5-8-11(14)13-9-6-7-10(13)12(15)16-4-2/h3,10H,1,4-9H2,2H3. The first-order valence-electron chi connectivity index (χ1n) is 5.77. The van der Waals surface area contributed by atoms with Gasteiger partial charge in [-0.1, -0.05) is 6.08 Å². The van der Waals surface area contributed by atoms with Crippen molar-refractivity contribution in [1.29, 1.82) is 0 Å². The third-order valence-electron chi connectivity index (χ3n) is 2.69. The molecule has 1 aliphatic heterocycles. The number of rotatable bonds is 5. The van der Waals surface area contributed by atoms with E-state index in [0.29, 0.717) is 26.0 Å². The Kier molecular flexibility index (Phi) is 5.02. The monoisotopic (exact) mass is 225 g/mol. The second kappa shape index (κ2) is 6.30. The zero-order chi connectivity index (χ0) is 12.0. The molecule has 1 aliphatic rings. The summed E-state index contributed by atoms with van der Waals surface area (Å²) in [6.45, 7) is 6.39. The Morgan fingerprint density at radius 2 is 2.31 bits per heavy atom. The van der Waals surface area contributed by atoms with Crippen molar-refractivity contribution in [1.82, 2.24) is 4.90 Å². The highest BCUT2D eigenvalue weighted by molar-refractivity contribution is 5.85. The molecule has 16 heavy (non-hydrogen) atoms. The average molecular weight is 225 g/mol. The first-order chi connectivity index (χ1) is 7.70. The molecular weight excluding hydrogens is 206 g/mol. The Bertz CT molecular complexity index is 275. The summed E-state index contributed by atoms with van der Waals surface area (Å²) in [4.78, 5) is 25.0. The summed E-state index contributed by atoms with van der Waals surface area (Å²) in [5, 5.41) is 0. The maximum atomic E-state index is 11.8. The van der Waals surface area contributed by atoms with E-state index in [0.717, 1.165) is 12.8 Å². The second-order valence-corrected chi connectivity index (χ2v) is 3.82. The lowest BCUT2D eigenvalue weighted by Gasteiger charge is -2.22. The number of hydrogen-bond donors (Lipinski definition) is 0. The number of allylic oxidation sites excluding steroid dienone is 1. The van der Waals surface area contributed by atoms with Crippen LogP contribution in [0.2, 0.25) is 0 Å². The molecule has 1 heterocycles. The first-order valence-corrected chi connectivity index (χ1v) is 5.77. The molecule has 1 unspecified atom stereocenters. The van der Waals surface area contributed by atoms with E-state index in [1.54, 1.807) is 17.9 Å². The van der Waals surface area contributed by atoms with Crippen molar-refractivity contribution in [2.24, 2.45) is 0 Å². The smallest absolute Gasteiger partial charge is 0.328 e. The Hall–Kier alpha value is -1.32. The number of esters is 1. The summed E-state index contributed by atoms with van der Waals surface area (Å²) >= 11 is 0. The van der Waals surface area contributed by atoms with Gasteiger partial charge < -0.3 is 9.64 Å². The van der Waals surface area contributed by atoms with Crippen molar-refractivity contribution < 1.29 is 14.3 Å². The average Bonchev–Trinajstić information content (AvgIpc) is 2.75. The van der Waals surface area contributed by atoms with E-state index < -0.39 is 0 Å². The van der Waals surface area contributed by atoms with Crippen molar-refractivity contribution in [2.75, 3.05) is 13.2 Å². The normalized spacial score (nSPS) is 19.6. The van der Waals surface area contributed by atoms with Crippen LogP contribution in [0.4, 0.5) is 0 Å². The minimum absolute atomic E-state index is 0.0236. The number of ether oxygens (including phenoxy) is 1. The molecule has 0 spiro atoms. The van der Waals surface area contributed by atoms with Gasteiger partial charge in [0, 0.05) is 13.0 Å². The third kappa shape index (κ3) is 3.08. The quantitative estimate of drug-likeness (QED) is 0.526. The lowest BCUT2D eigenvalue weighted by atomic mass is 10.2.